The van der Waals surface area contributed by atoms with Crippen LogP contribution >= 0.6 is 11.3 Å². The van der Waals surface area contributed by atoms with Crippen molar-refractivity contribution >= 4 is 29.3 Å². The quantitative estimate of drug-likeness (QED) is 0.589. The molecule has 10 nitrogen and oxygen atoms in total. The number of thiazole rings is 1. The number of carbonyl (C=O) groups excluding carboxylic acids is 2. The van der Waals surface area contributed by atoms with Gasteiger partial charge >= 0.3 is 12.1 Å². The van der Waals surface area contributed by atoms with Gasteiger partial charge in [-0.3, -0.25) is 9.78 Å². The second kappa shape index (κ2) is 10.4. The second-order valence-corrected chi connectivity index (χ2v) is 12.0. The fraction of sp³-hybridized carbons (Fsp3) is 0.560. The third kappa shape index (κ3) is 6.93. The third-order valence-corrected chi connectivity index (χ3v) is 6.31. The maximum absolute atomic E-state index is 13.6. The number of carbonyl (C=O) groups is 3. The highest BCUT2D eigenvalue weighted by molar-refractivity contribution is 7.09. The number of nitrogens with one attached hydrogen (secondary N) is 1. The molecule has 0 radical (unpaired) electrons. The molecule has 1 fully saturated rings. The van der Waals surface area contributed by atoms with E-state index in [4.69, 9.17) is 9.47 Å². The molecule has 1 aliphatic rings. The van der Waals surface area contributed by atoms with E-state index in [0.717, 1.165) is 16.3 Å². The summed E-state index contributed by atoms with van der Waals surface area (Å²) < 4.78 is 11.4. The minimum Gasteiger partial charge on any atom is -0.487 e. The Morgan fingerprint density at radius 1 is 1.19 bits per heavy atom. The van der Waals surface area contributed by atoms with Gasteiger partial charge in [0.05, 0.1) is 23.4 Å². The van der Waals surface area contributed by atoms with Crippen LogP contribution in [0.5, 0.6) is 5.75 Å². The van der Waals surface area contributed by atoms with Crippen molar-refractivity contribution < 1.29 is 29.0 Å². The zero-order chi connectivity index (χ0) is 26.8. The molecule has 2 aromatic rings. The summed E-state index contributed by atoms with van der Waals surface area (Å²) in [4.78, 5) is 48.0. The van der Waals surface area contributed by atoms with E-state index in [2.05, 4.69) is 15.3 Å². The number of likely N-dealkylation sites (tertiary alicyclic amines) is 1. The van der Waals surface area contributed by atoms with Crippen molar-refractivity contribution in [2.75, 3.05) is 6.54 Å². The van der Waals surface area contributed by atoms with E-state index >= 15 is 0 Å². The van der Waals surface area contributed by atoms with Crippen molar-refractivity contribution in [1.29, 1.82) is 0 Å². The van der Waals surface area contributed by atoms with Gasteiger partial charge in [-0.2, -0.15) is 0 Å². The van der Waals surface area contributed by atoms with E-state index in [1.54, 1.807) is 60.0 Å². The standard InChI is InChI=1S/C25H34N4O6S/c1-14-27-18(13-36-14)15-8-16(11-26-10-15)34-17-9-19(22(31)32)29(12-17)21(30)20(24(2,3)4)28-23(33)35-25(5,6)7/h8,10-11,13,17,19-20H,9,12H2,1-7H3,(H,28,33)(H,31,32)/t17-,19+,20-/m1/s1. The predicted molar refractivity (Wildman–Crippen MR) is 135 cm³/mol. The minimum absolute atomic E-state index is 0.0540. The molecule has 0 bridgehead atoms. The molecule has 0 aromatic carbocycles. The van der Waals surface area contributed by atoms with Crippen LogP contribution in [0.15, 0.2) is 23.8 Å². The maximum Gasteiger partial charge on any atom is 0.408 e. The van der Waals surface area contributed by atoms with Gasteiger partial charge in [0.2, 0.25) is 5.91 Å². The molecule has 2 N–H and O–H groups in total. The highest BCUT2D eigenvalue weighted by Gasteiger charge is 2.46. The Morgan fingerprint density at radius 3 is 2.44 bits per heavy atom. The Balaban J connectivity index is 1.78. The second-order valence-electron chi connectivity index (χ2n) is 10.9. The van der Waals surface area contributed by atoms with Crippen molar-refractivity contribution in [1.82, 2.24) is 20.2 Å². The van der Waals surface area contributed by atoms with Gasteiger partial charge < -0.3 is 24.8 Å². The summed E-state index contributed by atoms with van der Waals surface area (Å²) in [6.45, 7) is 12.5. The number of alkyl carbamates (subject to hydrolysis) is 1. The molecule has 2 aromatic heterocycles. The monoisotopic (exact) mass is 518 g/mol. The number of hydrogen-bond acceptors (Lipinski definition) is 8. The average molecular weight is 519 g/mol. The lowest BCUT2D eigenvalue weighted by molar-refractivity contribution is -0.150. The number of aromatic nitrogens is 2. The SMILES string of the molecule is Cc1nc(-c2cncc(O[C@@H]3C[C@@H](C(=O)O)N(C(=O)[C@@H](NC(=O)OC(C)(C)C)C(C)(C)C)C3)c2)cs1. The van der Waals surface area contributed by atoms with E-state index in [0.29, 0.717) is 5.75 Å². The first-order valence-corrected chi connectivity index (χ1v) is 12.6. The number of carboxylic acids is 1. The Morgan fingerprint density at radius 2 is 1.89 bits per heavy atom. The van der Waals surface area contributed by atoms with Crippen LogP contribution < -0.4 is 10.1 Å². The normalized spacial score (nSPS) is 19.0. The van der Waals surface area contributed by atoms with E-state index in [1.165, 1.54) is 16.2 Å². The van der Waals surface area contributed by atoms with Gasteiger partial charge in [0.25, 0.3) is 0 Å². The van der Waals surface area contributed by atoms with Gasteiger partial charge in [0, 0.05) is 23.6 Å². The zero-order valence-corrected chi connectivity index (χ0v) is 22.5. The first-order valence-electron chi connectivity index (χ1n) is 11.7. The van der Waals surface area contributed by atoms with Crippen molar-refractivity contribution in [3.8, 4) is 17.0 Å². The molecule has 0 unspecified atom stereocenters. The fourth-order valence-electron chi connectivity index (χ4n) is 3.91. The van der Waals surface area contributed by atoms with Crippen molar-refractivity contribution in [2.24, 2.45) is 5.41 Å². The summed E-state index contributed by atoms with van der Waals surface area (Å²) in [6, 6.07) is -0.292. The summed E-state index contributed by atoms with van der Waals surface area (Å²) in [5.41, 5.74) is 0.126. The predicted octanol–water partition coefficient (Wildman–Crippen LogP) is 3.89. The third-order valence-electron chi connectivity index (χ3n) is 5.54. The van der Waals surface area contributed by atoms with Crippen LogP contribution in [0, 0.1) is 12.3 Å². The van der Waals surface area contributed by atoms with Crippen LogP contribution in [0.2, 0.25) is 0 Å². The molecule has 1 saturated heterocycles. The molecule has 1 aliphatic heterocycles. The fourth-order valence-corrected chi connectivity index (χ4v) is 4.53. The van der Waals surface area contributed by atoms with Crippen LogP contribution in [-0.2, 0) is 14.3 Å². The topological polar surface area (TPSA) is 131 Å². The van der Waals surface area contributed by atoms with E-state index in [9.17, 15) is 19.5 Å². The summed E-state index contributed by atoms with van der Waals surface area (Å²) in [7, 11) is 0. The lowest BCUT2D eigenvalue weighted by Gasteiger charge is -2.35. The number of nitrogens with zero attached hydrogens (tertiary/aromatic N) is 3. The first kappa shape index (κ1) is 27.4. The number of ether oxygens (including phenoxy) is 2. The molecule has 0 spiro atoms. The summed E-state index contributed by atoms with van der Waals surface area (Å²) >= 11 is 1.53. The molecule has 2 amide bonds. The summed E-state index contributed by atoms with van der Waals surface area (Å²) in [6.07, 6.45) is 2.03. The van der Waals surface area contributed by atoms with Crippen LogP contribution in [0.4, 0.5) is 4.79 Å². The highest BCUT2D eigenvalue weighted by Crippen LogP contribution is 2.30. The smallest absolute Gasteiger partial charge is 0.408 e. The van der Waals surface area contributed by atoms with Crippen molar-refractivity contribution in [3.05, 3.63) is 28.8 Å². The molecule has 3 heterocycles. The van der Waals surface area contributed by atoms with Crippen LogP contribution in [-0.4, -0.2) is 68.3 Å². The number of rotatable bonds is 6. The molecule has 11 heteroatoms. The van der Waals surface area contributed by atoms with Crippen LogP contribution in [0.3, 0.4) is 0 Å². The minimum atomic E-state index is -1.13. The Hall–Kier alpha value is -3.21. The maximum atomic E-state index is 13.6. The largest absolute Gasteiger partial charge is 0.487 e. The lowest BCUT2D eigenvalue weighted by atomic mass is 9.85. The number of aryl methyl sites for hydroxylation is 1. The number of pyridine rings is 1. The number of hydrogen-bond donors (Lipinski definition) is 2. The van der Waals surface area contributed by atoms with E-state index in [-0.39, 0.29) is 13.0 Å². The van der Waals surface area contributed by atoms with Crippen molar-refractivity contribution in [2.45, 2.75) is 78.7 Å². The van der Waals surface area contributed by atoms with Crippen LogP contribution in [0.1, 0.15) is 53.0 Å². The number of carboxylic acid groups (broad SMARTS) is 1. The Kier molecular flexibility index (Phi) is 7.92. The van der Waals surface area contributed by atoms with Gasteiger partial charge in [-0.1, -0.05) is 20.8 Å². The molecule has 3 atom stereocenters. The molecule has 3 rings (SSSR count). The molecular formula is C25H34N4O6S. The highest BCUT2D eigenvalue weighted by atomic mass is 32.1. The first-order chi connectivity index (χ1) is 16.6. The lowest BCUT2D eigenvalue weighted by Crippen LogP contribution is -2.57. The molecule has 36 heavy (non-hydrogen) atoms. The summed E-state index contributed by atoms with van der Waals surface area (Å²) in [5, 5.41) is 15.3. The van der Waals surface area contributed by atoms with Gasteiger partial charge in [-0.05, 0) is 39.2 Å². The Bertz CT molecular complexity index is 1120. The Labute approximate surface area is 215 Å². The van der Waals surface area contributed by atoms with Gasteiger partial charge in [-0.15, -0.1) is 11.3 Å². The molecular weight excluding hydrogens is 484 g/mol. The van der Waals surface area contributed by atoms with Gasteiger partial charge in [0.1, 0.15) is 29.5 Å². The summed E-state index contributed by atoms with van der Waals surface area (Å²) in [5.74, 6) is -1.18. The number of amides is 2. The molecule has 0 saturated carbocycles. The molecule has 196 valence electrons. The zero-order valence-electron chi connectivity index (χ0n) is 21.7. The van der Waals surface area contributed by atoms with E-state index in [1.807, 2.05) is 12.3 Å². The molecule has 0 aliphatic carbocycles. The number of aliphatic carboxylic acids is 1. The van der Waals surface area contributed by atoms with Crippen LogP contribution in [0.25, 0.3) is 11.3 Å². The van der Waals surface area contributed by atoms with E-state index < -0.39 is 47.2 Å². The van der Waals surface area contributed by atoms with Crippen molar-refractivity contribution in [3.63, 3.8) is 0 Å². The van der Waals surface area contributed by atoms with Gasteiger partial charge in [-0.25, -0.2) is 14.6 Å². The average Bonchev–Trinajstić information content (AvgIpc) is 3.36. The van der Waals surface area contributed by atoms with Gasteiger partial charge in [0.15, 0.2) is 0 Å².